The van der Waals surface area contributed by atoms with Gasteiger partial charge in [0.05, 0.1) is 7.11 Å². The summed E-state index contributed by atoms with van der Waals surface area (Å²) in [5.74, 6) is 0.767. The Labute approximate surface area is 121 Å². The fourth-order valence-corrected chi connectivity index (χ4v) is 3.32. The van der Waals surface area contributed by atoms with Gasteiger partial charge in [0, 0.05) is 12.6 Å². The molecule has 0 heterocycles. The molecule has 20 heavy (non-hydrogen) atoms. The average Bonchev–Trinajstić information content (AvgIpc) is 2.36. The predicted octanol–water partition coefficient (Wildman–Crippen LogP) is 1.66. The van der Waals surface area contributed by atoms with E-state index < -0.39 is 10.0 Å². The Kier molecular flexibility index (Phi) is 5.98. The van der Waals surface area contributed by atoms with Crippen LogP contribution in [0, 0.1) is 12.8 Å². The largest absolute Gasteiger partial charge is 0.495 e. The van der Waals surface area contributed by atoms with Gasteiger partial charge < -0.3 is 10.5 Å². The van der Waals surface area contributed by atoms with Crippen LogP contribution in [0.5, 0.6) is 5.75 Å². The number of hydrogen-bond donors (Lipinski definition) is 2. The van der Waals surface area contributed by atoms with Crippen molar-refractivity contribution in [2.75, 3.05) is 13.7 Å². The Bertz CT molecular complexity index is 541. The molecule has 114 valence electrons. The topological polar surface area (TPSA) is 81.4 Å². The second-order valence-electron chi connectivity index (χ2n) is 5.40. The number of rotatable bonds is 7. The zero-order valence-electron chi connectivity index (χ0n) is 12.5. The minimum atomic E-state index is -3.61. The van der Waals surface area contributed by atoms with Crippen molar-refractivity contribution >= 4 is 10.0 Å². The Hall–Kier alpha value is -1.11. The van der Waals surface area contributed by atoms with E-state index in [0.717, 1.165) is 12.0 Å². The monoisotopic (exact) mass is 300 g/mol. The second kappa shape index (κ2) is 7.06. The van der Waals surface area contributed by atoms with Gasteiger partial charge in [-0.1, -0.05) is 19.9 Å². The molecule has 6 heteroatoms. The van der Waals surface area contributed by atoms with Crippen LogP contribution in [0.1, 0.15) is 25.8 Å². The molecule has 3 N–H and O–H groups in total. The molecule has 0 bridgehead atoms. The summed E-state index contributed by atoms with van der Waals surface area (Å²) < 4.78 is 32.3. The number of sulfonamides is 1. The molecule has 1 atom stereocenters. The van der Waals surface area contributed by atoms with Gasteiger partial charge in [-0.15, -0.1) is 0 Å². The van der Waals surface area contributed by atoms with Crippen molar-refractivity contribution in [1.82, 2.24) is 4.72 Å². The summed E-state index contributed by atoms with van der Waals surface area (Å²) in [5, 5.41) is 0. The molecule has 0 amide bonds. The average molecular weight is 300 g/mol. The number of nitrogens with two attached hydrogens (primary N) is 1. The number of hydrogen-bond acceptors (Lipinski definition) is 4. The molecule has 0 fully saturated rings. The summed E-state index contributed by atoms with van der Waals surface area (Å²) >= 11 is 0. The highest BCUT2D eigenvalue weighted by molar-refractivity contribution is 7.89. The molecule has 0 radical (unpaired) electrons. The molecule has 1 aromatic rings. The maximum absolute atomic E-state index is 12.3. The van der Waals surface area contributed by atoms with Gasteiger partial charge in [0.1, 0.15) is 10.6 Å². The number of methoxy groups -OCH3 is 1. The molecule has 0 spiro atoms. The van der Waals surface area contributed by atoms with E-state index in [0.29, 0.717) is 11.7 Å². The lowest BCUT2D eigenvalue weighted by atomic mass is 10.1. The Morgan fingerprint density at radius 1 is 1.35 bits per heavy atom. The van der Waals surface area contributed by atoms with Gasteiger partial charge >= 0.3 is 0 Å². The first-order chi connectivity index (χ1) is 9.26. The number of benzene rings is 1. The summed E-state index contributed by atoms with van der Waals surface area (Å²) in [6, 6.07) is 4.86. The lowest BCUT2D eigenvalue weighted by Crippen LogP contribution is -2.38. The second-order valence-corrected chi connectivity index (χ2v) is 7.13. The van der Waals surface area contributed by atoms with Crippen LogP contribution in [0.15, 0.2) is 23.1 Å². The maximum Gasteiger partial charge on any atom is 0.244 e. The first kappa shape index (κ1) is 16.9. The van der Waals surface area contributed by atoms with Gasteiger partial charge in [-0.2, -0.15) is 0 Å². The molecule has 1 aromatic carbocycles. The van der Waals surface area contributed by atoms with E-state index >= 15 is 0 Å². The van der Waals surface area contributed by atoms with Crippen molar-refractivity contribution < 1.29 is 13.2 Å². The van der Waals surface area contributed by atoms with Crippen LogP contribution in [0.4, 0.5) is 0 Å². The summed E-state index contributed by atoms with van der Waals surface area (Å²) in [5.41, 5.74) is 6.76. The van der Waals surface area contributed by atoms with E-state index in [1.807, 2.05) is 13.0 Å². The molecule has 5 nitrogen and oxygen atoms in total. The van der Waals surface area contributed by atoms with Crippen LogP contribution in [0.25, 0.3) is 0 Å². The molecule has 1 unspecified atom stereocenters. The normalized spacial score (nSPS) is 13.5. The maximum atomic E-state index is 12.3. The summed E-state index contributed by atoms with van der Waals surface area (Å²) in [6.07, 6.45) is 0.771. The van der Waals surface area contributed by atoms with E-state index in [2.05, 4.69) is 18.6 Å². The Balaban J connectivity index is 2.86. The van der Waals surface area contributed by atoms with Crippen LogP contribution < -0.4 is 15.2 Å². The Morgan fingerprint density at radius 2 is 2.00 bits per heavy atom. The van der Waals surface area contributed by atoms with Crippen molar-refractivity contribution in [1.29, 1.82) is 0 Å². The van der Waals surface area contributed by atoms with E-state index in [-0.39, 0.29) is 17.5 Å². The van der Waals surface area contributed by atoms with Crippen LogP contribution in [0.3, 0.4) is 0 Å². The van der Waals surface area contributed by atoms with Crippen LogP contribution in [-0.4, -0.2) is 28.1 Å². The summed E-state index contributed by atoms with van der Waals surface area (Å²) in [6.45, 7) is 6.16. The van der Waals surface area contributed by atoms with Crippen LogP contribution in [0.2, 0.25) is 0 Å². The highest BCUT2D eigenvalue weighted by atomic mass is 32.2. The van der Waals surface area contributed by atoms with E-state index in [1.165, 1.54) is 7.11 Å². The van der Waals surface area contributed by atoms with Crippen molar-refractivity contribution in [3.63, 3.8) is 0 Å². The highest BCUT2D eigenvalue weighted by Crippen LogP contribution is 2.24. The van der Waals surface area contributed by atoms with E-state index in [4.69, 9.17) is 10.5 Å². The molecular weight excluding hydrogens is 276 g/mol. The SMILES string of the molecule is COc1ccc(C)cc1S(=O)(=O)NCC(N)CC(C)C. The third-order valence-electron chi connectivity index (χ3n) is 2.92. The van der Waals surface area contributed by atoms with E-state index in [1.54, 1.807) is 12.1 Å². The molecule has 0 aliphatic rings. The van der Waals surface area contributed by atoms with Gasteiger partial charge in [0.15, 0.2) is 0 Å². The van der Waals surface area contributed by atoms with Crippen LogP contribution in [-0.2, 0) is 10.0 Å². The third kappa shape index (κ3) is 4.77. The standard InChI is InChI=1S/C14H24N2O3S/c1-10(2)7-12(15)9-16-20(17,18)14-8-11(3)5-6-13(14)19-4/h5-6,8,10,12,16H,7,9,15H2,1-4H3. The lowest BCUT2D eigenvalue weighted by molar-refractivity contribution is 0.402. The molecule has 0 saturated heterocycles. The molecule has 1 rings (SSSR count). The van der Waals surface area contributed by atoms with Crippen molar-refractivity contribution in [3.8, 4) is 5.75 Å². The summed E-state index contributed by atoms with van der Waals surface area (Å²) in [7, 11) is -2.16. The predicted molar refractivity (Wildman–Crippen MR) is 80.3 cm³/mol. The van der Waals surface area contributed by atoms with Crippen molar-refractivity contribution in [2.45, 2.75) is 38.1 Å². The first-order valence-electron chi connectivity index (χ1n) is 6.66. The Morgan fingerprint density at radius 3 is 2.55 bits per heavy atom. The van der Waals surface area contributed by atoms with Gasteiger partial charge in [-0.3, -0.25) is 0 Å². The van der Waals surface area contributed by atoms with Gasteiger partial charge in [0.2, 0.25) is 10.0 Å². The molecular formula is C14H24N2O3S. The van der Waals surface area contributed by atoms with Crippen molar-refractivity contribution in [2.24, 2.45) is 11.7 Å². The fraction of sp³-hybridized carbons (Fsp3) is 0.571. The van der Waals surface area contributed by atoms with Gasteiger partial charge in [-0.05, 0) is 37.0 Å². The molecule has 0 saturated carbocycles. The fourth-order valence-electron chi connectivity index (χ4n) is 1.98. The zero-order valence-corrected chi connectivity index (χ0v) is 13.3. The zero-order chi connectivity index (χ0) is 15.3. The van der Waals surface area contributed by atoms with Gasteiger partial charge in [-0.25, -0.2) is 13.1 Å². The third-order valence-corrected chi connectivity index (χ3v) is 4.36. The quantitative estimate of drug-likeness (QED) is 0.802. The number of aryl methyl sites for hydroxylation is 1. The number of nitrogens with one attached hydrogen (secondary N) is 1. The highest BCUT2D eigenvalue weighted by Gasteiger charge is 2.20. The molecule has 0 aromatic heterocycles. The van der Waals surface area contributed by atoms with Crippen molar-refractivity contribution in [3.05, 3.63) is 23.8 Å². The van der Waals surface area contributed by atoms with Gasteiger partial charge in [0.25, 0.3) is 0 Å². The molecule has 0 aliphatic heterocycles. The number of ether oxygens (including phenoxy) is 1. The molecule has 0 aliphatic carbocycles. The smallest absolute Gasteiger partial charge is 0.244 e. The first-order valence-corrected chi connectivity index (χ1v) is 8.14. The van der Waals surface area contributed by atoms with Crippen LogP contribution >= 0.6 is 0 Å². The minimum absolute atomic E-state index is 0.150. The van der Waals surface area contributed by atoms with E-state index in [9.17, 15) is 8.42 Å². The summed E-state index contributed by atoms with van der Waals surface area (Å²) in [4.78, 5) is 0.150. The lowest BCUT2D eigenvalue weighted by Gasteiger charge is -2.16. The minimum Gasteiger partial charge on any atom is -0.495 e.